The van der Waals surface area contributed by atoms with Crippen LogP contribution in [0.3, 0.4) is 0 Å². The minimum absolute atomic E-state index is 0.0590. The van der Waals surface area contributed by atoms with Crippen LogP contribution >= 0.6 is 39.1 Å². The van der Waals surface area contributed by atoms with Gasteiger partial charge in [-0.25, -0.2) is 10.0 Å². The van der Waals surface area contributed by atoms with Gasteiger partial charge in [0.15, 0.2) is 11.6 Å². The minimum atomic E-state index is -1.41. The van der Waals surface area contributed by atoms with E-state index in [2.05, 4.69) is 21.4 Å². The number of hydrazine groups is 1. The molecule has 216 valence electrons. The van der Waals surface area contributed by atoms with Crippen molar-refractivity contribution < 1.29 is 24.1 Å². The Bertz CT molecular complexity index is 1400. The fourth-order valence-electron chi connectivity index (χ4n) is 4.82. The first-order valence-corrected chi connectivity index (χ1v) is 14.9. The van der Waals surface area contributed by atoms with Gasteiger partial charge in [-0.05, 0) is 48.0 Å². The summed E-state index contributed by atoms with van der Waals surface area (Å²) in [5.41, 5.74) is 3.85. The summed E-state index contributed by atoms with van der Waals surface area (Å²) < 4.78 is 18.6. The van der Waals surface area contributed by atoms with Crippen molar-refractivity contribution in [3.05, 3.63) is 97.9 Å². The molecule has 0 unspecified atom stereocenters. The normalized spacial score (nSPS) is 20.8. The smallest absolute Gasteiger partial charge is 0.266 e. The molecule has 0 aliphatic carbocycles. The van der Waals surface area contributed by atoms with Crippen molar-refractivity contribution in [3.63, 3.8) is 0 Å². The zero-order valence-corrected chi connectivity index (χ0v) is 25.3. The monoisotopic (exact) mass is 661 g/mol. The maximum Gasteiger partial charge on any atom is 0.266 e. The molecule has 3 aromatic rings. The molecule has 5 rings (SSSR count). The second kappa shape index (κ2) is 13.5. The lowest BCUT2D eigenvalue weighted by Gasteiger charge is -2.35. The van der Waals surface area contributed by atoms with Crippen molar-refractivity contribution in [3.8, 4) is 5.75 Å². The third-order valence-electron chi connectivity index (χ3n) is 6.96. The van der Waals surface area contributed by atoms with Crippen LogP contribution in [-0.2, 0) is 20.7 Å². The number of rotatable bonds is 10. The molecule has 0 bridgehead atoms. The number of halogens is 3. The Morgan fingerprint density at radius 2 is 1.88 bits per heavy atom. The predicted molar refractivity (Wildman–Crippen MR) is 162 cm³/mol. The predicted octanol–water partition coefficient (Wildman–Crippen LogP) is 5.38. The van der Waals surface area contributed by atoms with Crippen LogP contribution in [0.25, 0.3) is 0 Å². The summed E-state index contributed by atoms with van der Waals surface area (Å²) in [6.45, 7) is 2.60. The Morgan fingerprint density at radius 1 is 1.12 bits per heavy atom. The number of hydrogen-bond donors (Lipinski definition) is 2. The number of carbonyl (C=O) groups is 1. The fourth-order valence-corrected chi connectivity index (χ4v) is 5.75. The zero-order valence-electron chi connectivity index (χ0n) is 22.2. The Balaban J connectivity index is 1.59. The summed E-state index contributed by atoms with van der Waals surface area (Å²) in [4.78, 5) is 19.4. The minimum Gasteiger partial charge on any atom is -0.494 e. The molecule has 0 aromatic heterocycles. The molecule has 2 atom stereocenters. The number of aliphatic hydroxyl groups is 1. The van der Waals surface area contributed by atoms with Crippen LogP contribution in [0.1, 0.15) is 29.2 Å². The van der Waals surface area contributed by atoms with Gasteiger partial charge in [-0.3, -0.25) is 10.2 Å². The maximum absolute atomic E-state index is 14.4. The SMILES string of the molecule is O=C(NN1CCOCC1)[C@@]1(Cc2ccccc2Br)N=C(c2ccc(OCCCO)cc2)O[C@H]1c1ccc(Cl)cc1Cl. The van der Waals surface area contributed by atoms with Crippen LogP contribution in [0.15, 0.2) is 76.2 Å². The van der Waals surface area contributed by atoms with Crippen molar-refractivity contribution in [1.29, 1.82) is 0 Å². The van der Waals surface area contributed by atoms with Crippen LogP contribution in [-0.4, -0.2) is 67.0 Å². The van der Waals surface area contributed by atoms with Crippen molar-refractivity contribution in [1.82, 2.24) is 10.4 Å². The van der Waals surface area contributed by atoms with E-state index in [-0.39, 0.29) is 18.9 Å². The molecule has 3 aromatic carbocycles. The van der Waals surface area contributed by atoms with E-state index in [1.807, 2.05) is 53.5 Å². The van der Waals surface area contributed by atoms with Gasteiger partial charge in [-0.15, -0.1) is 0 Å². The molecule has 0 saturated carbocycles. The summed E-state index contributed by atoms with van der Waals surface area (Å²) in [6.07, 6.45) is -0.0762. The van der Waals surface area contributed by atoms with Crippen LogP contribution in [0.2, 0.25) is 10.0 Å². The number of carbonyl (C=O) groups excluding carboxylic acids is 1. The van der Waals surface area contributed by atoms with Gasteiger partial charge in [0, 0.05) is 58.2 Å². The average molecular weight is 663 g/mol. The van der Waals surface area contributed by atoms with E-state index in [4.69, 9.17) is 47.5 Å². The third-order valence-corrected chi connectivity index (χ3v) is 8.30. The number of aliphatic imine (C=N–C) groups is 1. The van der Waals surface area contributed by atoms with E-state index >= 15 is 0 Å². The van der Waals surface area contributed by atoms with Gasteiger partial charge in [-0.1, -0.05) is 63.4 Å². The first-order valence-electron chi connectivity index (χ1n) is 13.3. The number of amides is 1. The summed E-state index contributed by atoms with van der Waals surface area (Å²) >= 11 is 16.6. The molecule has 11 heteroatoms. The fraction of sp³-hybridized carbons (Fsp3) is 0.333. The summed E-state index contributed by atoms with van der Waals surface area (Å²) in [5.74, 6) is 0.653. The van der Waals surface area contributed by atoms with Gasteiger partial charge < -0.3 is 19.3 Å². The number of hydrogen-bond acceptors (Lipinski definition) is 7. The van der Waals surface area contributed by atoms with E-state index in [1.54, 1.807) is 18.2 Å². The third kappa shape index (κ3) is 6.88. The molecular weight excluding hydrogens is 633 g/mol. The number of benzene rings is 3. The van der Waals surface area contributed by atoms with Crippen molar-refractivity contribution >= 4 is 50.9 Å². The highest BCUT2D eigenvalue weighted by Gasteiger charge is 2.54. The van der Waals surface area contributed by atoms with Crippen LogP contribution < -0.4 is 10.2 Å². The first-order chi connectivity index (χ1) is 19.9. The molecule has 8 nitrogen and oxygen atoms in total. The second-order valence-electron chi connectivity index (χ2n) is 9.76. The Hall–Kier alpha value is -2.66. The van der Waals surface area contributed by atoms with E-state index < -0.39 is 11.6 Å². The Morgan fingerprint density at radius 3 is 2.59 bits per heavy atom. The molecule has 2 aliphatic rings. The number of nitrogens with one attached hydrogen (secondary N) is 1. The lowest BCUT2D eigenvalue weighted by Crippen LogP contribution is -2.57. The van der Waals surface area contributed by atoms with E-state index in [9.17, 15) is 4.79 Å². The quantitative estimate of drug-likeness (QED) is 0.283. The molecule has 1 saturated heterocycles. The summed E-state index contributed by atoms with van der Waals surface area (Å²) in [7, 11) is 0. The number of ether oxygens (including phenoxy) is 3. The molecule has 1 amide bonds. The van der Waals surface area contributed by atoms with Crippen molar-refractivity contribution in [2.75, 3.05) is 39.5 Å². The highest BCUT2D eigenvalue weighted by molar-refractivity contribution is 9.10. The molecular formula is C30H30BrCl2N3O5. The van der Waals surface area contributed by atoms with Gasteiger partial charge in [0.2, 0.25) is 5.90 Å². The molecule has 41 heavy (non-hydrogen) atoms. The molecule has 1 fully saturated rings. The zero-order chi connectivity index (χ0) is 28.8. The molecule has 0 spiro atoms. The number of nitrogens with zero attached hydrogens (tertiary/aromatic N) is 2. The molecule has 2 aliphatic heterocycles. The van der Waals surface area contributed by atoms with E-state index in [0.29, 0.717) is 72.2 Å². The van der Waals surface area contributed by atoms with Gasteiger partial charge >= 0.3 is 0 Å². The van der Waals surface area contributed by atoms with E-state index in [0.717, 1.165) is 10.0 Å². The highest BCUT2D eigenvalue weighted by Crippen LogP contribution is 2.45. The van der Waals surface area contributed by atoms with E-state index in [1.165, 1.54) is 0 Å². The van der Waals surface area contributed by atoms with Gasteiger partial charge in [0.1, 0.15) is 5.75 Å². The largest absolute Gasteiger partial charge is 0.494 e. The first kappa shape index (κ1) is 29.8. The summed E-state index contributed by atoms with van der Waals surface area (Å²) in [6, 6.07) is 20.2. The highest BCUT2D eigenvalue weighted by atomic mass is 79.9. The van der Waals surface area contributed by atoms with Gasteiger partial charge in [0.05, 0.1) is 19.8 Å². The van der Waals surface area contributed by atoms with Crippen molar-refractivity contribution in [2.24, 2.45) is 4.99 Å². The number of morpholine rings is 1. The maximum atomic E-state index is 14.4. The van der Waals surface area contributed by atoms with Crippen LogP contribution in [0.4, 0.5) is 0 Å². The standard InChI is InChI=1S/C30H30BrCl2N3O5/c31-25-5-2-1-4-21(25)19-30(29(38)35-36-12-16-39-17-13-36)27(24-11-8-22(32)18-26(24)33)41-28(34-30)20-6-9-23(10-7-20)40-15-3-14-37/h1-2,4-11,18,27,37H,3,12-17,19H2,(H,35,38)/t27-,30-/m0/s1. The summed E-state index contributed by atoms with van der Waals surface area (Å²) in [5, 5.41) is 11.7. The molecule has 0 radical (unpaired) electrons. The van der Waals surface area contributed by atoms with Crippen LogP contribution in [0, 0.1) is 0 Å². The lowest BCUT2D eigenvalue weighted by molar-refractivity contribution is -0.136. The second-order valence-corrected chi connectivity index (χ2v) is 11.5. The van der Waals surface area contributed by atoms with Gasteiger partial charge in [-0.2, -0.15) is 0 Å². The Labute approximate surface area is 257 Å². The van der Waals surface area contributed by atoms with Crippen molar-refractivity contribution in [2.45, 2.75) is 24.5 Å². The van der Waals surface area contributed by atoms with Crippen LogP contribution in [0.5, 0.6) is 5.75 Å². The van der Waals surface area contributed by atoms with Gasteiger partial charge in [0.25, 0.3) is 5.91 Å². The Kier molecular flexibility index (Phi) is 9.85. The molecule has 2 N–H and O–H groups in total. The molecule has 2 heterocycles. The number of aliphatic hydroxyl groups excluding tert-OH is 1. The lowest BCUT2D eigenvalue weighted by atomic mass is 9.82. The topological polar surface area (TPSA) is 92.6 Å². The average Bonchev–Trinajstić information content (AvgIpc) is 3.35.